The van der Waals surface area contributed by atoms with E-state index in [4.69, 9.17) is 5.11 Å². The largest absolute Gasteiger partial charge is 0.508 e. The second-order valence-electron chi connectivity index (χ2n) is 2.74. The maximum absolute atomic E-state index is 8.96. The number of nitrogens with zero attached hydrogens (tertiary/aromatic N) is 1. The SMILES string of the molecule is CC(C)N1C=CC(O)=CC1. The molecule has 2 nitrogen and oxygen atoms in total. The number of aliphatic hydroxyl groups is 1. The average Bonchev–Trinajstić information content (AvgIpc) is 1.88. The van der Waals surface area contributed by atoms with Gasteiger partial charge in [0.2, 0.25) is 0 Å². The monoisotopic (exact) mass is 139 g/mol. The molecule has 0 radical (unpaired) electrons. The summed E-state index contributed by atoms with van der Waals surface area (Å²) in [6, 6.07) is 0.514. The minimum absolute atomic E-state index is 0.372. The van der Waals surface area contributed by atoms with Crippen LogP contribution in [-0.4, -0.2) is 22.6 Å². The Labute approximate surface area is 61.5 Å². The van der Waals surface area contributed by atoms with Crippen LogP contribution >= 0.6 is 0 Å². The molecule has 0 spiro atoms. The lowest BCUT2D eigenvalue weighted by Crippen LogP contribution is -2.27. The van der Waals surface area contributed by atoms with E-state index < -0.39 is 0 Å². The third-order valence-corrected chi connectivity index (χ3v) is 1.61. The van der Waals surface area contributed by atoms with Gasteiger partial charge < -0.3 is 10.0 Å². The second kappa shape index (κ2) is 2.78. The number of rotatable bonds is 1. The van der Waals surface area contributed by atoms with Crippen molar-refractivity contribution < 1.29 is 5.11 Å². The smallest absolute Gasteiger partial charge is 0.114 e. The Balaban J connectivity index is 2.52. The van der Waals surface area contributed by atoms with Crippen LogP contribution in [0.5, 0.6) is 0 Å². The molecule has 0 atom stereocenters. The molecular formula is C8H13NO. The Kier molecular flexibility index (Phi) is 2.00. The fourth-order valence-corrected chi connectivity index (χ4v) is 0.883. The van der Waals surface area contributed by atoms with Crippen molar-refractivity contribution >= 4 is 0 Å². The standard InChI is InChI=1S/C8H13NO/c1-7(2)9-5-3-8(10)4-6-9/h3-5,7,10H,6H2,1-2H3. The quantitative estimate of drug-likeness (QED) is 0.597. The number of aliphatic hydroxyl groups excluding tert-OH is 1. The molecule has 0 aromatic carbocycles. The lowest BCUT2D eigenvalue weighted by molar-refractivity contribution is 0.323. The Morgan fingerprint density at radius 2 is 2.30 bits per heavy atom. The van der Waals surface area contributed by atoms with Crippen LogP contribution in [0.4, 0.5) is 0 Å². The lowest BCUT2D eigenvalue weighted by Gasteiger charge is -2.25. The molecule has 1 N–H and O–H groups in total. The molecule has 0 aromatic rings. The predicted molar refractivity (Wildman–Crippen MR) is 41.7 cm³/mol. The zero-order chi connectivity index (χ0) is 7.56. The van der Waals surface area contributed by atoms with Crippen LogP contribution in [0.3, 0.4) is 0 Å². The van der Waals surface area contributed by atoms with Crippen molar-refractivity contribution in [3.05, 3.63) is 24.1 Å². The van der Waals surface area contributed by atoms with Gasteiger partial charge in [-0.25, -0.2) is 0 Å². The van der Waals surface area contributed by atoms with Gasteiger partial charge in [0.05, 0.1) is 0 Å². The summed E-state index contributed by atoms with van der Waals surface area (Å²) in [6.07, 6.45) is 5.43. The van der Waals surface area contributed by atoms with Crippen molar-refractivity contribution in [1.29, 1.82) is 0 Å². The maximum Gasteiger partial charge on any atom is 0.114 e. The van der Waals surface area contributed by atoms with Crippen molar-refractivity contribution in [2.45, 2.75) is 19.9 Å². The van der Waals surface area contributed by atoms with E-state index in [1.165, 1.54) is 0 Å². The van der Waals surface area contributed by atoms with E-state index in [1.807, 2.05) is 6.20 Å². The van der Waals surface area contributed by atoms with Gasteiger partial charge in [0.25, 0.3) is 0 Å². The van der Waals surface area contributed by atoms with Crippen LogP contribution in [0, 0.1) is 0 Å². The van der Waals surface area contributed by atoms with Gasteiger partial charge in [-0.3, -0.25) is 0 Å². The van der Waals surface area contributed by atoms with E-state index in [2.05, 4.69) is 18.7 Å². The number of hydrogen-bond donors (Lipinski definition) is 1. The summed E-state index contributed by atoms with van der Waals surface area (Å²) in [7, 11) is 0. The van der Waals surface area contributed by atoms with Gasteiger partial charge in [0, 0.05) is 18.8 Å². The van der Waals surface area contributed by atoms with E-state index in [0.717, 1.165) is 6.54 Å². The molecule has 1 aliphatic rings. The van der Waals surface area contributed by atoms with Gasteiger partial charge in [-0.2, -0.15) is 0 Å². The van der Waals surface area contributed by atoms with Crippen molar-refractivity contribution in [3.8, 4) is 0 Å². The maximum atomic E-state index is 8.96. The summed E-state index contributed by atoms with van der Waals surface area (Å²) in [5, 5.41) is 8.96. The highest BCUT2D eigenvalue weighted by atomic mass is 16.3. The fourth-order valence-electron chi connectivity index (χ4n) is 0.883. The molecule has 0 fully saturated rings. The van der Waals surface area contributed by atoms with Gasteiger partial charge in [-0.1, -0.05) is 0 Å². The van der Waals surface area contributed by atoms with Crippen LogP contribution in [0.1, 0.15) is 13.8 Å². The molecule has 0 aromatic heterocycles. The summed E-state index contributed by atoms with van der Waals surface area (Å²) in [6.45, 7) is 5.07. The third kappa shape index (κ3) is 1.53. The summed E-state index contributed by atoms with van der Waals surface area (Å²) >= 11 is 0. The first-order valence-corrected chi connectivity index (χ1v) is 3.53. The van der Waals surface area contributed by atoms with Crippen molar-refractivity contribution in [2.24, 2.45) is 0 Å². The summed E-state index contributed by atoms with van der Waals surface area (Å²) < 4.78 is 0. The summed E-state index contributed by atoms with van der Waals surface area (Å²) in [4.78, 5) is 2.15. The van der Waals surface area contributed by atoms with Gasteiger partial charge in [-0.05, 0) is 26.0 Å². The molecule has 2 heteroatoms. The normalized spacial score (nSPS) is 17.9. The van der Waals surface area contributed by atoms with Crippen molar-refractivity contribution in [3.63, 3.8) is 0 Å². The minimum atomic E-state index is 0.372. The first-order valence-electron chi connectivity index (χ1n) is 3.53. The van der Waals surface area contributed by atoms with E-state index in [-0.39, 0.29) is 0 Å². The molecule has 0 aliphatic carbocycles. The number of hydrogen-bond acceptors (Lipinski definition) is 2. The fraction of sp³-hybridized carbons (Fsp3) is 0.500. The van der Waals surface area contributed by atoms with Crippen molar-refractivity contribution in [2.75, 3.05) is 6.54 Å². The summed E-state index contributed by atoms with van der Waals surface area (Å²) in [5.41, 5.74) is 0. The van der Waals surface area contributed by atoms with Gasteiger partial charge in [0.15, 0.2) is 0 Å². The average molecular weight is 139 g/mol. The van der Waals surface area contributed by atoms with E-state index in [0.29, 0.717) is 11.8 Å². The Morgan fingerprint density at radius 1 is 1.60 bits per heavy atom. The van der Waals surface area contributed by atoms with Gasteiger partial charge in [0.1, 0.15) is 5.76 Å². The van der Waals surface area contributed by atoms with Crippen LogP contribution in [0.2, 0.25) is 0 Å². The zero-order valence-corrected chi connectivity index (χ0v) is 6.41. The molecule has 1 rings (SSSR count). The topological polar surface area (TPSA) is 23.5 Å². The predicted octanol–water partition coefficient (Wildman–Crippen LogP) is 1.67. The summed E-state index contributed by atoms with van der Waals surface area (Å²) in [5.74, 6) is 0.372. The molecule has 1 heterocycles. The molecule has 0 amide bonds. The van der Waals surface area contributed by atoms with Crippen LogP contribution < -0.4 is 0 Å². The zero-order valence-electron chi connectivity index (χ0n) is 6.41. The first-order chi connectivity index (χ1) is 4.70. The third-order valence-electron chi connectivity index (χ3n) is 1.61. The van der Waals surface area contributed by atoms with E-state index >= 15 is 0 Å². The molecule has 0 saturated carbocycles. The second-order valence-corrected chi connectivity index (χ2v) is 2.74. The van der Waals surface area contributed by atoms with Crippen molar-refractivity contribution in [1.82, 2.24) is 4.90 Å². The molecule has 1 aliphatic heterocycles. The highest BCUT2D eigenvalue weighted by Crippen LogP contribution is 2.06. The highest BCUT2D eigenvalue weighted by molar-refractivity contribution is 5.15. The molecule has 10 heavy (non-hydrogen) atoms. The molecular weight excluding hydrogens is 126 g/mol. The van der Waals surface area contributed by atoms with Gasteiger partial charge in [-0.15, -0.1) is 0 Å². The van der Waals surface area contributed by atoms with E-state index in [1.54, 1.807) is 12.2 Å². The minimum Gasteiger partial charge on any atom is -0.508 e. The highest BCUT2D eigenvalue weighted by Gasteiger charge is 2.05. The first kappa shape index (κ1) is 7.19. The Hall–Kier alpha value is -0.920. The molecule has 0 saturated heterocycles. The van der Waals surface area contributed by atoms with Gasteiger partial charge >= 0.3 is 0 Å². The molecule has 0 bridgehead atoms. The van der Waals surface area contributed by atoms with Crippen LogP contribution in [0.25, 0.3) is 0 Å². The molecule has 0 unspecified atom stereocenters. The number of allylic oxidation sites excluding steroid dienone is 1. The van der Waals surface area contributed by atoms with Crippen LogP contribution in [0.15, 0.2) is 24.1 Å². The molecule has 56 valence electrons. The Bertz CT molecular complexity index is 170. The van der Waals surface area contributed by atoms with E-state index in [9.17, 15) is 0 Å². The Morgan fingerprint density at radius 3 is 2.70 bits per heavy atom. The van der Waals surface area contributed by atoms with Crippen LogP contribution in [-0.2, 0) is 0 Å². The lowest BCUT2D eigenvalue weighted by atomic mass is 10.2.